The van der Waals surface area contributed by atoms with Crippen LogP contribution in [0.2, 0.25) is 0 Å². The number of fused-ring (bicyclic) bond motifs is 1. The van der Waals surface area contributed by atoms with E-state index in [-0.39, 0.29) is 5.82 Å². The van der Waals surface area contributed by atoms with Crippen molar-refractivity contribution in [1.29, 1.82) is 0 Å². The number of nitrogens with two attached hydrogens (primary N) is 1. The summed E-state index contributed by atoms with van der Waals surface area (Å²) in [5.41, 5.74) is 6.55. The number of hydrogen-bond acceptors (Lipinski definition) is 9. The summed E-state index contributed by atoms with van der Waals surface area (Å²) < 4.78 is 7.32. The Bertz CT molecular complexity index is 787. The molecule has 3 rings (SSSR count). The zero-order valence-corrected chi connectivity index (χ0v) is 14.9. The molecule has 5 N–H and O–H groups in total. The lowest BCUT2D eigenvalue weighted by Crippen LogP contribution is -2.32. The van der Waals surface area contributed by atoms with E-state index in [1.807, 2.05) is 6.92 Å². The molecule has 1 saturated heterocycles. The number of imidazole rings is 1. The van der Waals surface area contributed by atoms with Crippen LogP contribution in [0.4, 0.5) is 5.82 Å². The lowest BCUT2D eigenvalue weighted by molar-refractivity contribution is -0.140. The Morgan fingerprint density at radius 3 is 2.85 bits per heavy atom. The summed E-state index contributed by atoms with van der Waals surface area (Å²) in [6.45, 7) is 1.82. The lowest BCUT2D eigenvalue weighted by Gasteiger charge is -2.16. The molecule has 0 spiro atoms. The van der Waals surface area contributed by atoms with Crippen LogP contribution in [0.15, 0.2) is 12.7 Å². The van der Waals surface area contributed by atoms with E-state index in [2.05, 4.69) is 15.0 Å². The first-order valence-electron chi connectivity index (χ1n) is 8.19. The number of rotatable bonds is 7. The predicted octanol–water partition coefficient (Wildman–Crippen LogP) is -0.128. The summed E-state index contributed by atoms with van der Waals surface area (Å²) >= 11 is 1.38. The van der Waals surface area contributed by atoms with Crippen molar-refractivity contribution in [3.8, 4) is 0 Å². The predicted molar refractivity (Wildman–Crippen MR) is 94.4 cm³/mol. The Labute approximate surface area is 153 Å². The molecular formula is C15H21N5O5S. The van der Waals surface area contributed by atoms with Crippen molar-refractivity contribution in [3.05, 3.63) is 12.7 Å². The molecule has 1 aliphatic heterocycles. The molecule has 0 bridgehead atoms. The number of aliphatic hydroxyl groups excluding tert-OH is 2. The summed E-state index contributed by atoms with van der Waals surface area (Å²) in [5, 5.41) is 29.7. The second kappa shape index (κ2) is 7.74. The van der Waals surface area contributed by atoms with Gasteiger partial charge in [-0.2, -0.15) is 11.8 Å². The molecule has 2 aromatic heterocycles. The number of aromatic nitrogens is 4. The van der Waals surface area contributed by atoms with E-state index in [1.165, 1.54) is 29.0 Å². The summed E-state index contributed by atoms with van der Waals surface area (Å²) in [7, 11) is 0. The van der Waals surface area contributed by atoms with Crippen molar-refractivity contribution in [2.75, 3.05) is 17.2 Å². The zero-order valence-electron chi connectivity index (χ0n) is 14.1. The van der Waals surface area contributed by atoms with Crippen molar-refractivity contribution in [1.82, 2.24) is 19.5 Å². The molecule has 0 radical (unpaired) electrons. The molecule has 5 atom stereocenters. The third-order valence-corrected chi connectivity index (χ3v) is 5.64. The highest BCUT2D eigenvalue weighted by atomic mass is 32.2. The van der Waals surface area contributed by atoms with E-state index in [9.17, 15) is 15.0 Å². The van der Waals surface area contributed by atoms with E-state index in [1.54, 1.807) is 0 Å². The van der Waals surface area contributed by atoms with Crippen LogP contribution in [0.25, 0.3) is 11.2 Å². The highest BCUT2D eigenvalue weighted by Crippen LogP contribution is 2.33. The van der Waals surface area contributed by atoms with Gasteiger partial charge in [0.25, 0.3) is 0 Å². The van der Waals surface area contributed by atoms with Gasteiger partial charge < -0.3 is 25.8 Å². The quantitative estimate of drug-likeness (QED) is 0.508. The smallest absolute Gasteiger partial charge is 0.307 e. The van der Waals surface area contributed by atoms with Crippen molar-refractivity contribution in [2.24, 2.45) is 5.92 Å². The molecule has 0 aromatic carbocycles. The van der Waals surface area contributed by atoms with Crippen LogP contribution in [-0.2, 0) is 9.53 Å². The Morgan fingerprint density at radius 2 is 2.15 bits per heavy atom. The molecular weight excluding hydrogens is 362 g/mol. The van der Waals surface area contributed by atoms with Gasteiger partial charge in [-0.05, 0) is 6.42 Å². The van der Waals surface area contributed by atoms with Gasteiger partial charge in [0.1, 0.15) is 24.1 Å². The second-order valence-electron chi connectivity index (χ2n) is 6.11. The maximum Gasteiger partial charge on any atom is 0.307 e. The van der Waals surface area contributed by atoms with E-state index in [0.717, 1.165) is 0 Å². The fraction of sp³-hybridized carbons (Fsp3) is 0.600. The fourth-order valence-electron chi connectivity index (χ4n) is 2.84. The standard InChI is InChI=1S/C15H21N5O5S/c1-2-7(15(23)24)3-26-4-8-10(21)11(22)14(25-8)20-6-19-9-12(16)17-5-18-13(9)20/h5-8,10-11,14,21-22H,2-4H2,1H3,(H,23,24)(H2,16,17,18)/t7-,8?,10+,11-,14-/m1/s1. The average Bonchev–Trinajstić information content (AvgIpc) is 3.15. The van der Waals surface area contributed by atoms with Crippen LogP contribution in [0.1, 0.15) is 19.6 Å². The summed E-state index contributed by atoms with van der Waals surface area (Å²) in [6.07, 6.45) is -0.519. The van der Waals surface area contributed by atoms with E-state index >= 15 is 0 Å². The number of aliphatic carboxylic acids is 1. The SMILES string of the molecule is CC[C@H](CSCC1O[C@@H](n2cnc3c(N)ncnc32)[C@H](O)[C@H]1O)C(=O)O. The molecule has 0 aliphatic carbocycles. The van der Waals surface area contributed by atoms with Gasteiger partial charge in [0.05, 0.1) is 18.3 Å². The van der Waals surface area contributed by atoms with Gasteiger partial charge in [-0.3, -0.25) is 9.36 Å². The molecule has 11 heteroatoms. The van der Waals surface area contributed by atoms with Crippen LogP contribution in [0.3, 0.4) is 0 Å². The molecule has 1 fully saturated rings. The van der Waals surface area contributed by atoms with Crippen molar-refractivity contribution >= 4 is 34.7 Å². The Hall–Kier alpha value is -1.95. The largest absolute Gasteiger partial charge is 0.481 e. The zero-order chi connectivity index (χ0) is 18.8. The highest BCUT2D eigenvalue weighted by molar-refractivity contribution is 7.99. The number of carbonyl (C=O) groups is 1. The van der Waals surface area contributed by atoms with Gasteiger partial charge in [-0.15, -0.1) is 0 Å². The van der Waals surface area contributed by atoms with Crippen LogP contribution >= 0.6 is 11.8 Å². The number of anilines is 1. The molecule has 10 nitrogen and oxygen atoms in total. The van der Waals surface area contributed by atoms with Crippen molar-refractivity contribution in [2.45, 2.75) is 37.9 Å². The minimum absolute atomic E-state index is 0.216. The van der Waals surface area contributed by atoms with E-state index in [4.69, 9.17) is 15.6 Å². The first kappa shape index (κ1) is 18.8. The first-order chi connectivity index (χ1) is 12.4. The highest BCUT2D eigenvalue weighted by Gasteiger charge is 2.44. The summed E-state index contributed by atoms with van der Waals surface area (Å²) in [4.78, 5) is 23.2. The number of hydrogen-bond donors (Lipinski definition) is 4. The van der Waals surface area contributed by atoms with Crippen LogP contribution in [0, 0.1) is 5.92 Å². The minimum Gasteiger partial charge on any atom is -0.481 e. The fourth-order valence-corrected chi connectivity index (χ4v) is 4.15. The molecule has 142 valence electrons. The molecule has 26 heavy (non-hydrogen) atoms. The van der Waals surface area contributed by atoms with Crippen molar-refractivity contribution in [3.63, 3.8) is 0 Å². The Kier molecular flexibility index (Phi) is 5.61. The Balaban J connectivity index is 1.69. The minimum atomic E-state index is -1.17. The van der Waals surface area contributed by atoms with Gasteiger partial charge in [0.2, 0.25) is 0 Å². The van der Waals surface area contributed by atoms with Crippen LogP contribution < -0.4 is 5.73 Å². The third-order valence-electron chi connectivity index (χ3n) is 4.44. The Morgan fingerprint density at radius 1 is 1.38 bits per heavy atom. The number of carboxylic acid groups (broad SMARTS) is 1. The van der Waals surface area contributed by atoms with Gasteiger partial charge >= 0.3 is 5.97 Å². The number of aliphatic hydroxyl groups is 2. The number of carboxylic acids is 1. The topological polar surface area (TPSA) is 157 Å². The normalized spacial score (nSPS) is 27.0. The molecule has 0 saturated carbocycles. The number of thioether (sulfide) groups is 1. The second-order valence-corrected chi connectivity index (χ2v) is 7.19. The van der Waals surface area contributed by atoms with E-state index in [0.29, 0.717) is 29.1 Å². The summed E-state index contributed by atoms with van der Waals surface area (Å²) in [5.74, 6) is -0.295. The monoisotopic (exact) mass is 383 g/mol. The molecule has 2 aromatic rings. The van der Waals surface area contributed by atoms with Crippen LogP contribution in [0.5, 0.6) is 0 Å². The maximum atomic E-state index is 11.1. The number of nitrogen functional groups attached to an aromatic ring is 1. The van der Waals surface area contributed by atoms with Crippen LogP contribution in [-0.4, -0.2) is 70.6 Å². The van der Waals surface area contributed by atoms with Gasteiger partial charge in [-0.25, -0.2) is 15.0 Å². The third kappa shape index (κ3) is 3.47. The molecule has 0 amide bonds. The lowest BCUT2D eigenvalue weighted by atomic mass is 10.1. The molecule has 3 heterocycles. The number of nitrogens with zero attached hydrogens (tertiary/aromatic N) is 4. The van der Waals surface area contributed by atoms with Gasteiger partial charge in [0, 0.05) is 11.5 Å². The van der Waals surface area contributed by atoms with Crippen molar-refractivity contribution < 1.29 is 24.9 Å². The summed E-state index contributed by atoms with van der Waals surface area (Å²) in [6, 6.07) is 0. The number of ether oxygens (including phenoxy) is 1. The van der Waals surface area contributed by atoms with Gasteiger partial charge in [0.15, 0.2) is 17.7 Å². The molecule has 1 unspecified atom stereocenters. The van der Waals surface area contributed by atoms with E-state index < -0.39 is 36.4 Å². The first-order valence-corrected chi connectivity index (χ1v) is 9.34. The average molecular weight is 383 g/mol. The molecule has 1 aliphatic rings. The maximum absolute atomic E-state index is 11.1. The van der Waals surface area contributed by atoms with Gasteiger partial charge in [-0.1, -0.05) is 6.92 Å².